The molecule has 1 fully saturated rings. The standard InChI is InChI=1S/C18H29N3O2/c1-15-7-9-21(10-8-15)18(19)20-14-16-5-3-6-17(13-16)23-12-4-11-22-2/h3,5-6,13,15H,4,7-12,14H2,1-2H3,(H2,19,20). The molecule has 1 aliphatic rings. The second-order valence-electron chi connectivity index (χ2n) is 6.19. The minimum absolute atomic E-state index is 0.590. The summed E-state index contributed by atoms with van der Waals surface area (Å²) in [5.41, 5.74) is 7.24. The van der Waals surface area contributed by atoms with Gasteiger partial charge in [-0.1, -0.05) is 19.1 Å². The average molecular weight is 319 g/mol. The van der Waals surface area contributed by atoms with Crippen molar-refractivity contribution in [3.05, 3.63) is 29.8 Å². The Bertz CT molecular complexity index is 497. The van der Waals surface area contributed by atoms with Crippen LogP contribution in [0.2, 0.25) is 0 Å². The molecule has 5 heteroatoms. The highest BCUT2D eigenvalue weighted by Gasteiger charge is 2.16. The van der Waals surface area contributed by atoms with Crippen LogP contribution in [0.5, 0.6) is 5.75 Å². The van der Waals surface area contributed by atoms with Gasteiger partial charge in [0.15, 0.2) is 5.96 Å². The molecule has 0 unspecified atom stereocenters. The number of benzene rings is 1. The molecule has 5 nitrogen and oxygen atoms in total. The number of methoxy groups -OCH3 is 1. The molecule has 1 heterocycles. The zero-order chi connectivity index (χ0) is 16.5. The minimum atomic E-state index is 0.590. The van der Waals surface area contributed by atoms with E-state index >= 15 is 0 Å². The predicted octanol–water partition coefficient (Wildman–Crippen LogP) is 2.65. The van der Waals surface area contributed by atoms with Crippen LogP contribution in [0.3, 0.4) is 0 Å². The molecule has 0 radical (unpaired) electrons. The third-order valence-electron chi connectivity index (χ3n) is 4.19. The quantitative estimate of drug-likeness (QED) is 0.477. The van der Waals surface area contributed by atoms with Crippen LogP contribution in [0.25, 0.3) is 0 Å². The maximum atomic E-state index is 6.12. The van der Waals surface area contributed by atoms with Gasteiger partial charge >= 0.3 is 0 Å². The van der Waals surface area contributed by atoms with E-state index in [0.717, 1.165) is 43.3 Å². The number of rotatable bonds is 7. The lowest BCUT2D eigenvalue weighted by Gasteiger charge is -2.31. The lowest BCUT2D eigenvalue weighted by molar-refractivity contribution is 0.172. The first-order chi connectivity index (χ1) is 11.2. The molecule has 0 aromatic heterocycles. The number of aliphatic imine (C=N–C) groups is 1. The van der Waals surface area contributed by atoms with Gasteiger partial charge in [0.1, 0.15) is 5.75 Å². The fourth-order valence-corrected chi connectivity index (χ4v) is 2.64. The predicted molar refractivity (Wildman–Crippen MR) is 93.7 cm³/mol. The molecule has 0 spiro atoms. The molecule has 0 saturated carbocycles. The number of hydrogen-bond acceptors (Lipinski definition) is 3. The van der Waals surface area contributed by atoms with E-state index in [4.69, 9.17) is 15.2 Å². The lowest BCUT2D eigenvalue weighted by atomic mass is 10.00. The van der Waals surface area contributed by atoms with E-state index in [1.807, 2.05) is 18.2 Å². The molecule has 1 aromatic carbocycles. The van der Waals surface area contributed by atoms with E-state index in [1.165, 1.54) is 12.8 Å². The molecule has 0 amide bonds. The van der Waals surface area contributed by atoms with Gasteiger partial charge in [0.2, 0.25) is 0 Å². The third-order valence-corrected chi connectivity index (χ3v) is 4.19. The normalized spacial score (nSPS) is 16.6. The Morgan fingerprint density at radius 3 is 2.83 bits per heavy atom. The number of nitrogens with two attached hydrogens (primary N) is 1. The van der Waals surface area contributed by atoms with Crippen LogP contribution in [0.1, 0.15) is 31.7 Å². The smallest absolute Gasteiger partial charge is 0.191 e. The van der Waals surface area contributed by atoms with Crippen molar-refractivity contribution in [3.8, 4) is 5.75 Å². The van der Waals surface area contributed by atoms with Crippen molar-refractivity contribution in [1.82, 2.24) is 4.90 Å². The monoisotopic (exact) mass is 319 g/mol. The van der Waals surface area contributed by atoms with Crippen molar-refractivity contribution in [2.45, 2.75) is 32.7 Å². The van der Waals surface area contributed by atoms with Crippen molar-refractivity contribution in [1.29, 1.82) is 0 Å². The van der Waals surface area contributed by atoms with E-state index in [9.17, 15) is 0 Å². The molecule has 128 valence electrons. The van der Waals surface area contributed by atoms with E-state index < -0.39 is 0 Å². The fourth-order valence-electron chi connectivity index (χ4n) is 2.64. The summed E-state index contributed by atoms with van der Waals surface area (Å²) in [6, 6.07) is 8.05. The Balaban J connectivity index is 1.83. The number of nitrogens with zero attached hydrogens (tertiary/aromatic N) is 2. The van der Waals surface area contributed by atoms with Crippen LogP contribution >= 0.6 is 0 Å². The highest BCUT2D eigenvalue weighted by molar-refractivity contribution is 5.78. The number of ether oxygens (including phenoxy) is 2. The second kappa shape index (κ2) is 9.40. The average Bonchev–Trinajstić information content (AvgIpc) is 2.58. The number of likely N-dealkylation sites (tertiary alicyclic amines) is 1. The molecular weight excluding hydrogens is 290 g/mol. The van der Waals surface area contributed by atoms with Gasteiger partial charge in [0, 0.05) is 33.2 Å². The van der Waals surface area contributed by atoms with Crippen LogP contribution < -0.4 is 10.5 Å². The Labute approximate surface area is 139 Å². The van der Waals surface area contributed by atoms with Gasteiger partial charge in [0.25, 0.3) is 0 Å². The van der Waals surface area contributed by atoms with Gasteiger partial charge in [-0.05, 0) is 36.5 Å². The van der Waals surface area contributed by atoms with Crippen molar-refractivity contribution in [2.24, 2.45) is 16.6 Å². The minimum Gasteiger partial charge on any atom is -0.493 e. The number of hydrogen-bond donors (Lipinski definition) is 1. The molecule has 0 atom stereocenters. The Hall–Kier alpha value is -1.75. The zero-order valence-corrected chi connectivity index (χ0v) is 14.3. The van der Waals surface area contributed by atoms with Gasteiger partial charge < -0.3 is 20.1 Å². The SMILES string of the molecule is COCCCOc1cccc(CN=C(N)N2CCC(C)CC2)c1. The summed E-state index contributed by atoms with van der Waals surface area (Å²) in [5.74, 6) is 2.33. The van der Waals surface area contributed by atoms with E-state index in [-0.39, 0.29) is 0 Å². The second-order valence-corrected chi connectivity index (χ2v) is 6.19. The maximum Gasteiger partial charge on any atom is 0.191 e. The Morgan fingerprint density at radius 2 is 2.09 bits per heavy atom. The third kappa shape index (κ3) is 6.10. The van der Waals surface area contributed by atoms with Gasteiger partial charge in [-0.25, -0.2) is 4.99 Å². The first-order valence-electron chi connectivity index (χ1n) is 8.44. The summed E-state index contributed by atoms with van der Waals surface area (Å²) >= 11 is 0. The molecule has 0 bridgehead atoms. The van der Waals surface area contributed by atoms with Crippen molar-refractivity contribution < 1.29 is 9.47 Å². The fraction of sp³-hybridized carbons (Fsp3) is 0.611. The first kappa shape index (κ1) is 17.6. The summed E-state index contributed by atoms with van der Waals surface area (Å²) in [4.78, 5) is 6.72. The molecule has 1 saturated heterocycles. The summed E-state index contributed by atoms with van der Waals surface area (Å²) in [5, 5.41) is 0. The maximum absolute atomic E-state index is 6.12. The molecule has 0 aliphatic carbocycles. The molecule has 2 N–H and O–H groups in total. The summed E-state index contributed by atoms with van der Waals surface area (Å²) in [6.45, 7) is 6.29. The summed E-state index contributed by atoms with van der Waals surface area (Å²) in [6.07, 6.45) is 3.28. The highest BCUT2D eigenvalue weighted by Crippen LogP contribution is 2.17. The molecule has 1 aliphatic heterocycles. The highest BCUT2D eigenvalue weighted by atomic mass is 16.5. The molecular formula is C18H29N3O2. The van der Waals surface area contributed by atoms with E-state index in [2.05, 4.69) is 22.9 Å². The molecule has 23 heavy (non-hydrogen) atoms. The van der Waals surface area contributed by atoms with Gasteiger partial charge in [0.05, 0.1) is 13.2 Å². The largest absolute Gasteiger partial charge is 0.493 e. The van der Waals surface area contributed by atoms with Crippen LogP contribution in [-0.2, 0) is 11.3 Å². The van der Waals surface area contributed by atoms with Crippen LogP contribution in [0.4, 0.5) is 0 Å². The molecule has 2 rings (SSSR count). The Morgan fingerprint density at radius 1 is 1.30 bits per heavy atom. The van der Waals surface area contributed by atoms with Crippen LogP contribution in [0.15, 0.2) is 29.3 Å². The summed E-state index contributed by atoms with van der Waals surface area (Å²) < 4.78 is 10.7. The zero-order valence-electron chi connectivity index (χ0n) is 14.3. The Kier molecular flexibility index (Phi) is 7.20. The number of piperidine rings is 1. The topological polar surface area (TPSA) is 60.1 Å². The van der Waals surface area contributed by atoms with Crippen molar-refractivity contribution in [3.63, 3.8) is 0 Å². The summed E-state index contributed by atoms with van der Waals surface area (Å²) in [7, 11) is 1.70. The van der Waals surface area contributed by atoms with E-state index in [0.29, 0.717) is 19.1 Å². The van der Waals surface area contributed by atoms with Gasteiger partial charge in [-0.3, -0.25) is 0 Å². The van der Waals surface area contributed by atoms with Crippen LogP contribution in [0, 0.1) is 5.92 Å². The van der Waals surface area contributed by atoms with Gasteiger partial charge in [-0.2, -0.15) is 0 Å². The van der Waals surface area contributed by atoms with Crippen molar-refractivity contribution >= 4 is 5.96 Å². The van der Waals surface area contributed by atoms with Gasteiger partial charge in [-0.15, -0.1) is 0 Å². The lowest BCUT2D eigenvalue weighted by Crippen LogP contribution is -2.42. The number of guanidine groups is 1. The first-order valence-corrected chi connectivity index (χ1v) is 8.44. The van der Waals surface area contributed by atoms with Crippen molar-refractivity contribution in [2.75, 3.05) is 33.4 Å². The van der Waals surface area contributed by atoms with Crippen LogP contribution in [-0.4, -0.2) is 44.3 Å². The molecule has 1 aromatic rings. The van der Waals surface area contributed by atoms with E-state index in [1.54, 1.807) is 7.11 Å².